The number of rotatable bonds is 3. The zero-order valence-electron chi connectivity index (χ0n) is 4.78. The third kappa shape index (κ3) is 6.19. The van der Waals surface area contributed by atoms with Gasteiger partial charge in [0, 0.05) is 5.75 Å². The van der Waals surface area contributed by atoms with Crippen molar-refractivity contribution in [2.45, 2.75) is 12.5 Å². The normalized spacial score (nSPS) is 13.0. The van der Waals surface area contributed by atoms with E-state index in [4.69, 9.17) is 33.9 Å². The van der Waals surface area contributed by atoms with Gasteiger partial charge in [-0.3, -0.25) is 0 Å². The van der Waals surface area contributed by atoms with Crippen LogP contribution in [0.4, 0.5) is 0 Å². The first-order valence-electron chi connectivity index (χ1n) is 2.43. The number of thiol groups is 1. The van der Waals surface area contributed by atoms with Crippen LogP contribution in [0.15, 0.2) is 0 Å². The summed E-state index contributed by atoms with van der Waals surface area (Å²) in [7, 11) is -0.728. The molecule has 0 aliphatic heterocycles. The van der Waals surface area contributed by atoms with Crippen molar-refractivity contribution in [3.63, 3.8) is 0 Å². The Morgan fingerprint density at radius 2 is 2.22 bits per heavy atom. The molecular weight excluding hydrogens is 172 g/mol. The van der Waals surface area contributed by atoms with Crippen molar-refractivity contribution in [2.24, 2.45) is 0 Å². The Labute approximate surface area is 66.3 Å². The SMILES string of the molecule is C#CC(O)CC[SH](=S)=S. The predicted octanol–water partition coefficient (Wildman–Crippen LogP) is -0.355. The Hall–Kier alpha value is 0.310. The minimum absolute atomic E-state index is 0.551. The van der Waals surface area contributed by atoms with E-state index < -0.39 is 14.1 Å². The summed E-state index contributed by atoms with van der Waals surface area (Å²) in [4.78, 5) is 0. The maximum Gasteiger partial charge on any atom is 0.115 e. The lowest BCUT2D eigenvalue weighted by Gasteiger charge is -1.97. The van der Waals surface area contributed by atoms with E-state index in [1.807, 2.05) is 0 Å². The van der Waals surface area contributed by atoms with Gasteiger partial charge in [-0.1, -0.05) is 28.3 Å². The van der Waals surface area contributed by atoms with Gasteiger partial charge < -0.3 is 5.11 Å². The molecule has 0 aromatic heterocycles. The van der Waals surface area contributed by atoms with Crippen molar-refractivity contribution in [3.05, 3.63) is 0 Å². The van der Waals surface area contributed by atoms with Gasteiger partial charge in [0.05, 0.1) is 0 Å². The second-order valence-corrected chi connectivity index (χ2v) is 5.98. The fourth-order valence-corrected chi connectivity index (χ4v) is 1.40. The highest BCUT2D eigenvalue weighted by molar-refractivity contribution is 8.46. The van der Waals surface area contributed by atoms with Gasteiger partial charge in [-0.25, -0.2) is 0 Å². The molecule has 0 aliphatic rings. The Kier molecular flexibility index (Phi) is 5.30. The van der Waals surface area contributed by atoms with Gasteiger partial charge in [-0.15, -0.1) is 14.4 Å². The van der Waals surface area contributed by atoms with Crippen molar-refractivity contribution in [1.29, 1.82) is 0 Å². The first-order valence-corrected chi connectivity index (χ1v) is 5.98. The third-order valence-electron chi connectivity index (χ3n) is 0.777. The molecule has 0 radical (unpaired) electrons. The molecular formula is C5H8OS3. The molecule has 0 aromatic carbocycles. The lowest BCUT2D eigenvalue weighted by atomic mass is 10.3. The number of aliphatic hydroxyl groups excluding tert-OH is 1. The monoisotopic (exact) mass is 180 g/mol. The molecule has 1 N–H and O–H groups in total. The van der Waals surface area contributed by atoms with Crippen molar-refractivity contribution >= 4 is 30.4 Å². The topological polar surface area (TPSA) is 20.2 Å². The van der Waals surface area contributed by atoms with E-state index in [-0.39, 0.29) is 0 Å². The predicted molar refractivity (Wildman–Crippen MR) is 47.8 cm³/mol. The Morgan fingerprint density at radius 1 is 1.67 bits per heavy atom. The second-order valence-electron chi connectivity index (χ2n) is 1.53. The Balaban J connectivity index is 3.42. The van der Waals surface area contributed by atoms with Crippen LogP contribution in [-0.2, 0) is 30.4 Å². The summed E-state index contributed by atoms with van der Waals surface area (Å²) >= 11 is 9.49. The zero-order chi connectivity index (χ0) is 7.28. The molecule has 0 aromatic rings. The molecule has 9 heavy (non-hydrogen) atoms. The van der Waals surface area contributed by atoms with Crippen LogP contribution in [0.2, 0.25) is 0 Å². The quantitative estimate of drug-likeness (QED) is 0.457. The van der Waals surface area contributed by atoms with Crippen molar-refractivity contribution in [1.82, 2.24) is 0 Å². The maximum absolute atomic E-state index is 8.79. The fraction of sp³-hybridized carbons (Fsp3) is 0.600. The molecule has 0 aliphatic carbocycles. The molecule has 0 saturated carbocycles. The van der Waals surface area contributed by atoms with E-state index in [0.29, 0.717) is 12.2 Å². The van der Waals surface area contributed by atoms with Gasteiger partial charge in [0.2, 0.25) is 0 Å². The van der Waals surface area contributed by atoms with E-state index in [1.54, 1.807) is 0 Å². The first-order chi connectivity index (χ1) is 4.16. The van der Waals surface area contributed by atoms with Gasteiger partial charge in [0.15, 0.2) is 0 Å². The van der Waals surface area contributed by atoms with E-state index in [0.717, 1.165) is 0 Å². The summed E-state index contributed by atoms with van der Waals surface area (Å²) in [5, 5.41) is 8.79. The molecule has 0 spiro atoms. The fourth-order valence-electron chi connectivity index (χ4n) is 0.311. The number of hydrogen-bond acceptors (Lipinski definition) is 3. The van der Waals surface area contributed by atoms with Crippen molar-refractivity contribution in [3.8, 4) is 12.3 Å². The summed E-state index contributed by atoms with van der Waals surface area (Å²) in [6, 6.07) is 0. The van der Waals surface area contributed by atoms with Crippen LogP contribution in [0.3, 0.4) is 0 Å². The van der Waals surface area contributed by atoms with Crippen LogP contribution in [0.5, 0.6) is 0 Å². The molecule has 1 nitrogen and oxygen atoms in total. The largest absolute Gasteiger partial charge is 0.380 e. The van der Waals surface area contributed by atoms with Crippen LogP contribution in [-0.4, -0.2) is 17.0 Å². The molecule has 0 fully saturated rings. The van der Waals surface area contributed by atoms with Gasteiger partial charge in [-0.05, 0) is 6.42 Å². The van der Waals surface area contributed by atoms with E-state index in [1.165, 1.54) is 0 Å². The molecule has 1 atom stereocenters. The van der Waals surface area contributed by atoms with E-state index >= 15 is 0 Å². The van der Waals surface area contributed by atoms with Crippen LogP contribution in [0, 0.1) is 12.3 Å². The van der Waals surface area contributed by atoms with Gasteiger partial charge in [-0.2, -0.15) is 0 Å². The van der Waals surface area contributed by atoms with Crippen LogP contribution in [0.1, 0.15) is 6.42 Å². The third-order valence-corrected chi connectivity index (χ3v) is 2.50. The highest BCUT2D eigenvalue weighted by Crippen LogP contribution is 1.88. The van der Waals surface area contributed by atoms with Gasteiger partial charge >= 0.3 is 0 Å². The molecule has 1 unspecified atom stereocenters. The highest BCUT2D eigenvalue weighted by atomic mass is 33.1. The molecule has 0 bridgehead atoms. The van der Waals surface area contributed by atoms with Gasteiger partial charge in [0.1, 0.15) is 6.10 Å². The van der Waals surface area contributed by atoms with Crippen molar-refractivity contribution in [2.75, 3.05) is 5.75 Å². The van der Waals surface area contributed by atoms with Crippen LogP contribution in [0.25, 0.3) is 0 Å². The van der Waals surface area contributed by atoms with Gasteiger partial charge in [0.25, 0.3) is 0 Å². The van der Waals surface area contributed by atoms with Crippen molar-refractivity contribution < 1.29 is 5.11 Å². The lowest BCUT2D eigenvalue weighted by molar-refractivity contribution is 0.230. The average Bonchev–Trinajstić information content (AvgIpc) is 1.83. The first kappa shape index (κ1) is 9.31. The maximum atomic E-state index is 8.79. The summed E-state index contributed by atoms with van der Waals surface area (Å²) in [6.07, 6.45) is 4.80. The molecule has 4 heteroatoms. The smallest absolute Gasteiger partial charge is 0.115 e. The number of hydrogen-bond donors (Lipinski definition) is 2. The Morgan fingerprint density at radius 3 is 2.56 bits per heavy atom. The minimum Gasteiger partial charge on any atom is -0.380 e. The molecule has 0 heterocycles. The summed E-state index contributed by atoms with van der Waals surface area (Å²) in [5.74, 6) is 2.89. The zero-order valence-corrected chi connectivity index (χ0v) is 7.31. The summed E-state index contributed by atoms with van der Waals surface area (Å²) < 4.78 is 0. The standard InChI is InChI=1S/C5H8OS3/c1-2-5(6)3-4-9(7)8/h1,5-6,9H,3-4H2. The molecule has 52 valence electrons. The molecule has 0 rings (SSSR count). The average molecular weight is 180 g/mol. The highest BCUT2D eigenvalue weighted by Gasteiger charge is 1.94. The summed E-state index contributed by atoms with van der Waals surface area (Å²) in [6.45, 7) is 0. The minimum atomic E-state index is -0.728. The number of terminal acetylenes is 1. The van der Waals surface area contributed by atoms with E-state index in [9.17, 15) is 0 Å². The van der Waals surface area contributed by atoms with Crippen LogP contribution < -0.4 is 0 Å². The van der Waals surface area contributed by atoms with Crippen LogP contribution >= 0.6 is 0 Å². The Bertz CT molecular complexity index is 169. The lowest BCUT2D eigenvalue weighted by Crippen LogP contribution is -2.04. The molecule has 0 saturated heterocycles. The summed E-state index contributed by atoms with van der Waals surface area (Å²) in [5.41, 5.74) is 0. The van der Waals surface area contributed by atoms with E-state index in [2.05, 4.69) is 5.92 Å². The molecule has 0 amide bonds. The number of aliphatic hydroxyl groups is 1. The second kappa shape index (κ2) is 5.12.